The van der Waals surface area contributed by atoms with Crippen molar-refractivity contribution in [3.63, 3.8) is 0 Å². The van der Waals surface area contributed by atoms with Crippen molar-refractivity contribution in [2.24, 2.45) is 0 Å². The SMILES string of the molecule is CCCCCCCCC/C=C\C=C/CCCCCC(=O)OC(COC(=O)CCCCCCCCCCCCCC)COC(=O)CCCCCCCCCCCCCCCCCCCCC. The second-order valence-corrected chi connectivity index (χ2v) is 19.6. The molecule has 6 nitrogen and oxygen atoms in total. The van der Waals surface area contributed by atoms with Crippen LogP contribution in [0.5, 0.6) is 0 Å². The Balaban J connectivity index is 4.32. The zero-order valence-electron chi connectivity index (χ0n) is 43.8. The monoisotopic (exact) mass is 915 g/mol. The van der Waals surface area contributed by atoms with E-state index in [1.807, 2.05) is 0 Å². The van der Waals surface area contributed by atoms with Crippen molar-refractivity contribution in [1.82, 2.24) is 0 Å². The molecule has 6 heteroatoms. The smallest absolute Gasteiger partial charge is 0.306 e. The summed E-state index contributed by atoms with van der Waals surface area (Å²) in [6, 6.07) is 0. The van der Waals surface area contributed by atoms with Crippen LogP contribution in [0.4, 0.5) is 0 Å². The fourth-order valence-corrected chi connectivity index (χ4v) is 8.61. The summed E-state index contributed by atoms with van der Waals surface area (Å²) >= 11 is 0. The van der Waals surface area contributed by atoms with E-state index in [2.05, 4.69) is 45.1 Å². The predicted octanol–water partition coefficient (Wildman–Crippen LogP) is 19.1. The molecule has 0 radical (unpaired) electrons. The topological polar surface area (TPSA) is 78.9 Å². The Morgan fingerprint density at radius 1 is 0.308 bits per heavy atom. The van der Waals surface area contributed by atoms with Crippen LogP contribution in [0.3, 0.4) is 0 Å². The van der Waals surface area contributed by atoms with Gasteiger partial charge in [0.05, 0.1) is 0 Å². The van der Waals surface area contributed by atoms with E-state index in [0.717, 1.165) is 70.6 Å². The number of carbonyl (C=O) groups excluding carboxylic acids is 3. The highest BCUT2D eigenvalue weighted by Crippen LogP contribution is 2.17. The number of esters is 3. The van der Waals surface area contributed by atoms with E-state index in [0.29, 0.717) is 19.3 Å². The molecule has 382 valence electrons. The average Bonchev–Trinajstić information content (AvgIpc) is 3.30. The van der Waals surface area contributed by atoms with Crippen molar-refractivity contribution >= 4 is 17.9 Å². The summed E-state index contributed by atoms with van der Waals surface area (Å²) in [5.41, 5.74) is 0. The Kier molecular flexibility index (Phi) is 52.7. The average molecular weight is 916 g/mol. The molecule has 0 aliphatic rings. The maximum atomic E-state index is 12.8. The molecule has 0 bridgehead atoms. The number of ether oxygens (including phenoxy) is 3. The molecule has 0 aromatic rings. The highest BCUT2D eigenvalue weighted by Gasteiger charge is 2.19. The maximum absolute atomic E-state index is 12.8. The summed E-state index contributed by atoms with van der Waals surface area (Å²) in [7, 11) is 0. The second kappa shape index (κ2) is 54.5. The van der Waals surface area contributed by atoms with Gasteiger partial charge in [-0.1, -0.05) is 276 Å². The predicted molar refractivity (Wildman–Crippen MR) is 279 cm³/mol. The lowest BCUT2D eigenvalue weighted by Gasteiger charge is -2.18. The van der Waals surface area contributed by atoms with Gasteiger partial charge < -0.3 is 14.2 Å². The minimum atomic E-state index is -0.779. The van der Waals surface area contributed by atoms with Crippen molar-refractivity contribution in [1.29, 1.82) is 0 Å². The van der Waals surface area contributed by atoms with Crippen LogP contribution in [0.2, 0.25) is 0 Å². The van der Waals surface area contributed by atoms with Gasteiger partial charge in [0.25, 0.3) is 0 Å². The number of hydrogen-bond acceptors (Lipinski definition) is 6. The van der Waals surface area contributed by atoms with Gasteiger partial charge in [0.1, 0.15) is 13.2 Å². The van der Waals surface area contributed by atoms with Gasteiger partial charge in [-0.25, -0.2) is 0 Å². The molecule has 0 rings (SSSR count). The minimum Gasteiger partial charge on any atom is -0.462 e. The Hall–Kier alpha value is -2.11. The van der Waals surface area contributed by atoms with Crippen molar-refractivity contribution in [3.05, 3.63) is 24.3 Å². The van der Waals surface area contributed by atoms with Crippen molar-refractivity contribution in [2.45, 2.75) is 322 Å². The van der Waals surface area contributed by atoms with Gasteiger partial charge in [0, 0.05) is 19.3 Å². The van der Waals surface area contributed by atoms with Crippen molar-refractivity contribution < 1.29 is 28.6 Å². The van der Waals surface area contributed by atoms with Gasteiger partial charge >= 0.3 is 17.9 Å². The summed E-state index contributed by atoms with van der Waals surface area (Å²) in [6.07, 6.45) is 63.1. The van der Waals surface area contributed by atoms with Gasteiger partial charge in [-0.3, -0.25) is 14.4 Å². The number of hydrogen-bond donors (Lipinski definition) is 0. The first-order valence-electron chi connectivity index (χ1n) is 28.9. The first kappa shape index (κ1) is 62.9. The molecule has 0 heterocycles. The Morgan fingerprint density at radius 2 is 0.538 bits per heavy atom. The minimum absolute atomic E-state index is 0.0765. The molecule has 0 N–H and O–H groups in total. The Labute approximate surface area is 404 Å². The van der Waals surface area contributed by atoms with E-state index >= 15 is 0 Å². The normalized spacial score (nSPS) is 12.1. The van der Waals surface area contributed by atoms with Gasteiger partial charge in [-0.15, -0.1) is 0 Å². The highest BCUT2D eigenvalue weighted by molar-refractivity contribution is 5.71. The van der Waals surface area contributed by atoms with E-state index in [4.69, 9.17) is 14.2 Å². The van der Waals surface area contributed by atoms with E-state index < -0.39 is 6.10 Å². The lowest BCUT2D eigenvalue weighted by Crippen LogP contribution is -2.30. The van der Waals surface area contributed by atoms with Crippen molar-refractivity contribution in [3.8, 4) is 0 Å². The lowest BCUT2D eigenvalue weighted by molar-refractivity contribution is -0.167. The molecule has 1 atom stereocenters. The molecule has 0 amide bonds. The van der Waals surface area contributed by atoms with Gasteiger partial charge in [-0.2, -0.15) is 0 Å². The third-order valence-electron chi connectivity index (χ3n) is 13.0. The molecule has 0 aliphatic heterocycles. The molecule has 65 heavy (non-hydrogen) atoms. The van der Waals surface area contributed by atoms with Gasteiger partial charge in [0.2, 0.25) is 0 Å². The summed E-state index contributed by atoms with van der Waals surface area (Å²) in [4.78, 5) is 38.1. The van der Waals surface area contributed by atoms with Crippen LogP contribution in [-0.2, 0) is 28.6 Å². The molecule has 0 spiro atoms. The van der Waals surface area contributed by atoms with Crippen LogP contribution < -0.4 is 0 Å². The van der Waals surface area contributed by atoms with Crippen LogP contribution >= 0.6 is 0 Å². The summed E-state index contributed by atoms with van der Waals surface area (Å²) in [5, 5.41) is 0. The van der Waals surface area contributed by atoms with E-state index in [9.17, 15) is 14.4 Å². The van der Waals surface area contributed by atoms with Crippen LogP contribution in [0, 0.1) is 0 Å². The summed E-state index contributed by atoms with van der Waals surface area (Å²) < 4.78 is 16.8. The largest absolute Gasteiger partial charge is 0.462 e. The highest BCUT2D eigenvalue weighted by atomic mass is 16.6. The summed E-state index contributed by atoms with van der Waals surface area (Å²) in [6.45, 7) is 6.66. The summed E-state index contributed by atoms with van der Waals surface area (Å²) in [5.74, 6) is -0.883. The molecular formula is C59H110O6. The van der Waals surface area contributed by atoms with E-state index in [1.165, 1.54) is 205 Å². The third-order valence-corrected chi connectivity index (χ3v) is 13.0. The van der Waals surface area contributed by atoms with E-state index in [-0.39, 0.29) is 31.1 Å². The fraction of sp³-hybridized carbons (Fsp3) is 0.881. The maximum Gasteiger partial charge on any atom is 0.306 e. The van der Waals surface area contributed by atoms with Gasteiger partial charge in [0.15, 0.2) is 6.10 Å². The quantitative estimate of drug-likeness (QED) is 0.0262. The van der Waals surface area contributed by atoms with Crippen LogP contribution in [0.1, 0.15) is 316 Å². The number of allylic oxidation sites excluding steroid dienone is 4. The number of carbonyl (C=O) groups is 3. The zero-order chi connectivity index (χ0) is 47.2. The van der Waals surface area contributed by atoms with E-state index in [1.54, 1.807) is 0 Å². The third kappa shape index (κ3) is 52.7. The lowest BCUT2D eigenvalue weighted by atomic mass is 10.0. The standard InChI is InChI=1S/C59H110O6/c1-4-7-10-13-16-19-22-25-27-29-30-31-33-34-37-40-43-46-49-52-58(61)64-55-56(54-63-57(60)51-48-45-42-39-36-24-21-18-15-12-9-6-3)65-59(62)53-50-47-44-41-38-35-32-28-26-23-20-17-14-11-8-5-2/h28,32,35,38,56H,4-27,29-31,33-34,36-37,39-55H2,1-3H3/b32-28-,38-35-. The molecular weight excluding hydrogens is 805 g/mol. The fourth-order valence-electron chi connectivity index (χ4n) is 8.61. The van der Waals surface area contributed by atoms with Crippen LogP contribution in [0.25, 0.3) is 0 Å². The number of unbranched alkanes of at least 4 members (excludes halogenated alkanes) is 39. The van der Waals surface area contributed by atoms with Crippen molar-refractivity contribution in [2.75, 3.05) is 13.2 Å². The van der Waals surface area contributed by atoms with Crippen LogP contribution in [0.15, 0.2) is 24.3 Å². The molecule has 0 saturated heterocycles. The molecule has 0 fully saturated rings. The molecule has 0 saturated carbocycles. The number of rotatable bonds is 53. The Morgan fingerprint density at radius 3 is 0.831 bits per heavy atom. The molecule has 0 aromatic heterocycles. The first-order valence-corrected chi connectivity index (χ1v) is 28.9. The molecule has 0 aliphatic carbocycles. The first-order chi connectivity index (χ1) is 32.0. The molecule has 1 unspecified atom stereocenters. The zero-order valence-corrected chi connectivity index (χ0v) is 43.8. The van der Waals surface area contributed by atoms with Gasteiger partial charge in [-0.05, 0) is 44.9 Å². The Bertz CT molecular complexity index is 1050. The second-order valence-electron chi connectivity index (χ2n) is 19.6. The van der Waals surface area contributed by atoms with Crippen LogP contribution in [-0.4, -0.2) is 37.2 Å². The molecule has 0 aromatic carbocycles.